The molecule has 0 bridgehead atoms. The largest absolute Gasteiger partial charge is 0.492 e. The lowest BCUT2D eigenvalue weighted by Gasteiger charge is -2.10. The number of hydrogen-bond acceptors (Lipinski definition) is 3. The molecule has 2 aromatic carbocycles. The molecule has 0 aliphatic carbocycles. The van der Waals surface area contributed by atoms with Gasteiger partial charge in [0.1, 0.15) is 5.75 Å². The van der Waals surface area contributed by atoms with Crippen molar-refractivity contribution in [2.24, 2.45) is 5.92 Å². The molecule has 2 aromatic rings. The van der Waals surface area contributed by atoms with Crippen LogP contribution in [0.25, 0.3) is 0 Å². The van der Waals surface area contributed by atoms with Crippen molar-refractivity contribution in [3.8, 4) is 5.75 Å². The summed E-state index contributed by atoms with van der Waals surface area (Å²) >= 11 is 3.42. The molecule has 138 valence electrons. The van der Waals surface area contributed by atoms with E-state index in [1.165, 1.54) is 0 Å². The third kappa shape index (κ3) is 6.52. The van der Waals surface area contributed by atoms with Gasteiger partial charge in [-0.1, -0.05) is 26.0 Å². The average molecular weight is 419 g/mol. The number of benzene rings is 2. The van der Waals surface area contributed by atoms with Crippen LogP contribution in [0.2, 0.25) is 0 Å². The number of para-hydroxylation sites is 1. The fraction of sp³-hybridized carbons (Fsp3) is 0.300. The minimum atomic E-state index is -0.0758. The summed E-state index contributed by atoms with van der Waals surface area (Å²) in [5, 5.41) is 5.65. The highest BCUT2D eigenvalue weighted by molar-refractivity contribution is 9.10. The lowest BCUT2D eigenvalue weighted by Crippen LogP contribution is -2.17. The predicted octanol–water partition coefficient (Wildman–Crippen LogP) is 4.84. The Morgan fingerprint density at radius 3 is 2.23 bits per heavy atom. The van der Waals surface area contributed by atoms with Crippen LogP contribution in [0.1, 0.15) is 26.7 Å². The molecular weight excluding hydrogens is 396 g/mol. The van der Waals surface area contributed by atoms with E-state index in [9.17, 15) is 9.59 Å². The number of ether oxygens (including phenoxy) is 1. The van der Waals surface area contributed by atoms with E-state index in [-0.39, 0.29) is 17.7 Å². The minimum absolute atomic E-state index is 0.0353. The van der Waals surface area contributed by atoms with Gasteiger partial charge in [-0.2, -0.15) is 0 Å². The predicted molar refractivity (Wildman–Crippen MR) is 107 cm³/mol. The van der Waals surface area contributed by atoms with Crippen LogP contribution in [-0.4, -0.2) is 18.4 Å². The molecule has 0 fully saturated rings. The Labute approximate surface area is 162 Å². The zero-order valence-corrected chi connectivity index (χ0v) is 16.5. The molecule has 26 heavy (non-hydrogen) atoms. The lowest BCUT2D eigenvalue weighted by molar-refractivity contribution is -0.119. The Kier molecular flexibility index (Phi) is 7.66. The van der Waals surface area contributed by atoms with E-state index in [0.29, 0.717) is 30.8 Å². The van der Waals surface area contributed by atoms with Gasteiger partial charge in [0.15, 0.2) is 0 Å². The Morgan fingerprint density at radius 1 is 1.00 bits per heavy atom. The molecule has 2 N–H and O–H groups in total. The highest BCUT2D eigenvalue weighted by Gasteiger charge is 2.07. The van der Waals surface area contributed by atoms with Crippen molar-refractivity contribution in [2.45, 2.75) is 26.7 Å². The van der Waals surface area contributed by atoms with E-state index in [1.54, 1.807) is 24.3 Å². The standard InChI is InChI=1S/C20H23BrN2O3/c1-14(2)20(25)23-16-11-9-15(10-12-16)22-19(24)8-5-13-26-18-7-4-3-6-17(18)21/h3-4,6-7,9-12,14H,5,8,13H2,1-2H3,(H,22,24)(H,23,25). The topological polar surface area (TPSA) is 67.4 Å². The molecule has 6 heteroatoms. The number of hydrogen-bond donors (Lipinski definition) is 2. The molecule has 0 aliphatic rings. The maximum absolute atomic E-state index is 12.0. The molecule has 0 heterocycles. The highest BCUT2D eigenvalue weighted by atomic mass is 79.9. The van der Waals surface area contributed by atoms with Gasteiger partial charge in [0.2, 0.25) is 11.8 Å². The summed E-state index contributed by atoms with van der Waals surface area (Å²) in [4.78, 5) is 23.6. The first-order valence-corrected chi connectivity index (χ1v) is 9.33. The fourth-order valence-corrected chi connectivity index (χ4v) is 2.52. The Hall–Kier alpha value is -2.34. The summed E-state index contributed by atoms with van der Waals surface area (Å²) in [7, 11) is 0. The maximum Gasteiger partial charge on any atom is 0.226 e. The average Bonchev–Trinajstić information content (AvgIpc) is 2.61. The van der Waals surface area contributed by atoms with Crippen LogP contribution in [0.3, 0.4) is 0 Å². The first-order chi connectivity index (χ1) is 12.5. The number of nitrogens with one attached hydrogen (secondary N) is 2. The Balaban J connectivity index is 1.72. The smallest absolute Gasteiger partial charge is 0.226 e. The van der Waals surface area contributed by atoms with E-state index >= 15 is 0 Å². The van der Waals surface area contributed by atoms with Gasteiger partial charge in [0.25, 0.3) is 0 Å². The van der Waals surface area contributed by atoms with Crippen molar-refractivity contribution in [3.63, 3.8) is 0 Å². The van der Waals surface area contributed by atoms with Crippen LogP contribution >= 0.6 is 15.9 Å². The van der Waals surface area contributed by atoms with Gasteiger partial charge in [-0.15, -0.1) is 0 Å². The van der Waals surface area contributed by atoms with Crippen LogP contribution in [0.15, 0.2) is 53.0 Å². The van der Waals surface area contributed by atoms with Gasteiger partial charge in [0, 0.05) is 23.7 Å². The SMILES string of the molecule is CC(C)C(=O)Nc1ccc(NC(=O)CCCOc2ccccc2Br)cc1. The monoisotopic (exact) mass is 418 g/mol. The van der Waals surface area contributed by atoms with Gasteiger partial charge in [-0.25, -0.2) is 0 Å². The maximum atomic E-state index is 12.0. The zero-order chi connectivity index (χ0) is 18.9. The van der Waals surface area contributed by atoms with Crippen LogP contribution < -0.4 is 15.4 Å². The first-order valence-electron chi connectivity index (χ1n) is 8.54. The summed E-state index contributed by atoms with van der Waals surface area (Å²) in [5.41, 5.74) is 1.41. The lowest BCUT2D eigenvalue weighted by atomic mass is 10.2. The molecule has 2 amide bonds. The first kappa shape index (κ1) is 20.0. The van der Waals surface area contributed by atoms with E-state index in [2.05, 4.69) is 26.6 Å². The minimum Gasteiger partial charge on any atom is -0.492 e. The van der Waals surface area contributed by atoms with Crippen LogP contribution in [-0.2, 0) is 9.59 Å². The van der Waals surface area contributed by atoms with Crippen molar-refractivity contribution in [2.75, 3.05) is 17.2 Å². The van der Waals surface area contributed by atoms with Crippen molar-refractivity contribution in [1.82, 2.24) is 0 Å². The second-order valence-electron chi connectivity index (χ2n) is 6.15. The third-order valence-corrected chi connectivity index (χ3v) is 4.26. The quantitative estimate of drug-likeness (QED) is 0.602. The molecule has 0 saturated carbocycles. The molecule has 0 aliphatic heterocycles. The number of anilines is 2. The molecule has 0 saturated heterocycles. The van der Waals surface area contributed by atoms with E-state index < -0.39 is 0 Å². The van der Waals surface area contributed by atoms with E-state index in [1.807, 2.05) is 38.1 Å². The second-order valence-corrected chi connectivity index (χ2v) is 7.01. The van der Waals surface area contributed by atoms with Crippen LogP contribution in [0, 0.1) is 5.92 Å². The number of halogens is 1. The Morgan fingerprint density at radius 2 is 1.62 bits per heavy atom. The Bertz CT molecular complexity index is 745. The zero-order valence-electron chi connectivity index (χ0n) is 14.9. The van der Waals surface area contributed by atoms with Gasteiger partial charge >= 0.3 is 0 Å². The molecule has 5 nitrogen and oxygen atoms in total. The number of carbonyl (C=O) groups is 2. The normalized spacial score (nSPS) is 10.5. The molecule has 0 unspecified atom stereocenters. The fourth-order valence-electron chi connectivity index (χ4n) is 2.12. The molecule has 0 spiro atoms. The van der Waals surface area contributed by atoms with Crippen LogP contribution in [0.4, 0.5) is 11.4 Å². The van der Waals surface area contributed by atoms with E-state index in [0.717, 1.165) is 10.2 Å². The summed E-state index contributed by atoms with van der Waals surface area (Å²) in [6.45, 7) is 4.14. The van der Waals surface area contributed by atoms with Gasteiger partial charge in [-0.3, -0.25) is 9.59 Å². The summed E-state index contributed by atoms with van der Waals surface area (Å²) < 4.78 is 6.54. The molecule has 2 rings (SSSR count). The van der Waals surface area contributed by atoms with Crippen molar-refractivity contribution in [1.29, 1.82) is 0 Å². The number of carbonyl (C=O) groups excluding carboxylic acids is 2. The summed E-state index contributed by atoms with van der Waals surface area (Å²) in [6.07, 6.45) is 0.992. The van der Waals surface area contributed by atoms with Gasteiger partial charge in [-0.05, 0) is 58.7 Å². The van der Waals surface area contributed by atoms with Crippen molar-refractivity contribution < 1.29 is 14.3 Å². The second kappa shape index (κ2) is 9.97. The van der Waals surface area contributed by atoms with Gasteiger partial charge in [0.05, 0.1) is 11.1 Å². The highest BCUT2D eigenvalue weighted by Crippen LogP contribution is 2.23. The summed E-state index contributed by atoms with van der Waals surface area (Å²) in [5.74, 6) is 0.589. The molecule has 0 radical (unpaired) electrons. The summed E-state index contributed by atoms with van der Waals surface area (Å²) in [6, 6.07) is 14.7. The van der Waals surface area contributed by atoms with Crippen LogP contribution in [0.5, 0.6) is 5.75 Å². The number of rotatable bonds is 8. The van der Waals surface area contributed by atoms with Crippen molar-refractivity contribution >= 4 is 39.1 Å². The molecule has 0 atom stereocenters. The molecular formula is C20H23BrN2O3. The van der Waals surface area contributed by atoms with E-state index in [4.69, 9.17) is 4.74 Å². The number of amides is 2. The van der Waals surface area contributed by atoms with Crippen molar-refractivity contribution in [3.05, 3.63) is 53.0 Å². The third-order valence-electron chi connectivity index (χ3n) is 3.60. The molecule has 0 aromatic heterocycles. The van der Waals surface area contributed by atoms with Gasteiger partial charge < -0.3 is 15.4 Å².